The Morgan fingerprint density at radius 3 is 2.96 bits per heavy atom. The van der Waals surface area contributed by atoms with Gasteiger partial charge in [-0.1, -0.05) is 25.1 Å². The summed E-state index contributed by atoms with van der Waals surface area (Å²) in [5.41, 5.74) is 2.37. The molecule has 2 N–H and O–H groups in total. The van der Waals surface area contributed by atoms with E-state index in [9.17, 15) is 9.59 Å². The molecule has 2 saturated heterocycles. The van der Waals surface area contributed by atoms with Gasteiger partial charge < -0.3 is 19.9 Å². The van der Waals surface area contributed by atoms with Crippen LogP contribution in [-0.2, 0) is 20.7 Å². The second-order valence-corrected chi connectivity index (χ2v) is 7.87. The van der Waals surface area contributed by atoms with Gasteiger partial charge in [0.05, 0.1) is 19.1 Å². The maximum absolute atomic E-state index is 12.4. The molecule has 3 heterocycles. The van der Waals surface area contributed by atoms with Gasteiger partial charge in [-0.15, -0.1) is 0 Å². The summed E-state index contributed by atoms with van der Waals surface area (Å²) >= 11 is 0. The van der Waals surface area contributed by atoms with Gasteiger partial charge in [0.1, 0.15) is 0 Å². The molecule has 0 bridgehead atoms. The van der Waals surface area contributed by atoms with Crippen LogP contribution >= 0.6 is 0 Å². The molecule has 2 aromatic rings. The lowest BCUT2D eigenvalue weighted by molar-refractivity contribution is -0.131. The number of hydrogen-bond acceptors (Lipinski definition) is 3. The van der Waals surface area contributed by atoms with Crippen LogP contribution in [0.3, 0.4) is 0 Å². The number of aromatic nitrogens is 1. The number of hydrogen-bond donors (Lipinski definition) is 2. The number of rotatable bonds is 6. The fourth-order valence-corrected chi connectivity index (χ4v) is 3.76. The molecule has 6 heteroatoms. The molecule has 2 fully saturated rings. The maximum atomic E-state index is 12.4. The third kappa shape index (κ3) is 3.33. The standard InChI is InChI=1S/C20H25N3O3/c1-20(12-26-13-20)11-22-19(25)15-8-18(24)23(10-15)7-6-14-9-21-17-5-3-2-4-16(14)17/h2-5,9,15,21H,6-8,10-13H2,1H3,(H,22,25). The Morgan fingerprint density at radius 2 is 2.19 bits per heavy atom. The van der Waals surface area contributed by atoms with Gasteiger partial charge in [-0.2, -0.15) is 0 Å². The normalized spacial score (nSPS) is 21.8. The molecule has 2 aliphatic rings. The highest BCUT2D eigenvalue weighted by Gasteiger charge is 2.37. The van der Waals surface area contributed by atoms with Crippen LogP contribution < -0.4 is 5.32 Å². The smallest absolute Gasteiger partial charge is 0.225 e. The number of likely N-dealkylation sites (tertiary alicyclic amines) is 1. The molecular weight excluding hydrogens is 330 g/mol. The largest absolute Gasteiger partial charge is 0.380 e. The van der Waals surface area contributed by atoms with Crippen LogP contribution in [0.25, 0.3) is 10.9 Å². The zero-order valence-corrected chi connectivity index (χ0v) is 15.1. The molecule has 138 valence electrons. The van der Waals surface area contributed by atoms with Gasteiger partial charge in [-0.3, -0.25) is 9.59 Å². The Balaban J connectivity index is 1.31. The Labute approximate surface area is 152 Å². The van der Waals surface area contributed by atoms with Crippen LogP contribution in [0.4, 0.5) is 0 Å². The monoisotopic (exact) mass is 355 g/mol. The van der Waals surface area contributed by atoms with E-state index < -0.39 is 0 Å². The van der Waals surface area contributed by atoms with E-state index in [1.807, 2.05) is 29.3 Å². The average Bonchev–Trinajstić information content (AvgIpc) is 3.20. The molecule has 2 aliphatic heterocycles. The van der Waals surface area contributed by atoms with E-state index in [2.05, 4.69) is 23.3 Å². The first-order valence-corrected chi connectivity index (χ1v) is 9.22. The maximum Gasteiger partial charge on any atom is 0.225 e. The van der Waals surface area contributed by atoms with Gasteiger partial charge in [0.15, 0.2) is 0 Å². The van der Waals surface area contributed by atoms with Gasteiger partial charge in [-0.25, -0.2) is 0 Å². The van der Waals surface area contributed by atoms with E-state index >= 15 is 0 Å². The highest BCUT2D eigenvalue weighted by molar-refractivity contribution is 5.89. The minimum atomic E-state index is -0.241. The summed E-state index contributed by atoms with van der Waals surface area (Å²) in [6, 6.07) is 8.17. The van der Waals surface area contributed by atoms with E-state index in [0.29, 0.717) is 39.3 Å². The summed E-state index contributed by atoms with van der Waals surface area (Å²) in [4.78, 5) is 29.8. The number of carbonyl (C=O) groups excluding carboxylic acids is 2. The molecule has 0 saturated carbocycles. The molecule has 0 radical (unpaired) electrons. The second kappa shape index (κ2) is 6.76. The summed E-state index contributed by atoms with van der Waals surface area (Å²) in [5, 5.41) is 4.20. The molecule has 2 amide bonds. The number of benzene rings is 1. The predicted octanol–water partition coefficient (Wildman–Crippen LogP) is 1.71. The summed E-state index contributed by atoms with van der Waals surface area (Å²) in [6.07, 6.45) is 3.11. The van der Waals surface area contributed by atoms with E-state index in [4.69, 9.17) is 4.74 Å². The molecule has 0 spiro atoms. The van der Waals surface area contributed by atoms with Gasteiger partial charge in [0, 0.05) is 48.6 Å². The number of nitrogens with zero attached hydrogens (tertiary/aromatic N) is 1. The third-order valence-electron chi connectivity index (χ3n) is 5.50. The van der Waals surface area contributed by atoms with Crippen molar-refractivity contribution in [1.82, 2.24) is 15.2 Å². The molecule has 1 unspecified atom stereocenters. The van der Waals surface area contributed by atoms with Crippen molar-refractivity contribution in [3.8, 4) is 0 Å². The minimum Gasteiger partial charge on any atom is -0.380 e. The Hall–Kier alpha value is -2.34. The molecular formula is C20H25N3O3. The van der Waals surface area contributed by atoms with Crippen molar-refractivity contribution in [1.29, 1.82) is 0 Å². The van der Waals surface area contributed by atoms with Crippen LogP contribution in [0.5, 0.6) is 0 Å². The number of para-hydroxylation sites is 1. The van der Waals surface area contributed by atoms with Crippen molar-refractivity contribution in [2.75, 3.05) is 32.8 Å². The number of carbonyl (C=O) groups is 2. The van der Waals surface area contributed by atoms with Crippen LogP contribution in [0.15, 0.2) is 30.5 Å². The first kappa shape index (κ1) is 17.1. The number of ether oxygens (including phenoxy) is 1. The lowest BCUT2D eigenvalue weighted by atomic mass is 9.88. The van der Waals surface area contributed by atoms with E-state index in [-0.39, 0.29) is 23.1 Å². The first-order valence-electron chi connectivity index (χ1n) is 9.22. The fraction of sp³-hybridized carbons (Fsp3) is 0.500. The van der Waals surface area contributed by atoms with Crippen molar-refractivity contribution in [2.24, 2.45) is 11.3 Å². The van der Waals surface area contributed by atoms with E-state index in [1.54, 1.807) is 0 Å². The molecule has 6 nitrogen and oxygen atoms in total. The molecule has 1 aromatic heterocycles. The lowest BCUT2D eigenvalue weighted by Gasteiger charge is -2.38. The summed E-state index contributed by atoms with van der Waals surface area (Å²) in [7, 11) is 0. The predicted molar refractivity (Wildman–Crippen MR) is 98.6 cm³/mol. The van der Waals surface area contributed by atoms with Crippen molar-refractivity contribution < 1.29 is 14.3 Å². The van der Waals surface area contributed by atoms with Crippen LogP contribution in [0, 0.1) is 11.3 Å². The topological polar surface area (TPSA) is 74.4 Å². The zero-order chi connectivity index (χ0) is 18.1. The minimum absolute atomic E-state index is 0.0129. The van der Waals surface area contributed by atoms with Crippen LogP contribution in [-0.4, -0.2) is 54.5 Å². The molecule has 4 rings (SSSR count). The summed E-state index contributed by atoms with van der Waals surface area (Å²) in [5.74, 6) is -0.181. The summed E-state index contributed by atoms with van der Waals surface area (Å²) in [6.45, 7) is 5.26. The highest BCUT2D eigenvalue weighted by Crippen LogP contribution is 2.26. The van der Waals surface area contributed by atoms with Gasteiger partial charge in [0.25, 0.3) is 0 Å². The summed E-state index contributed by atoms with van der Waals surface area (Å²) < 4.78 is 5.21. The van der Waals surface area contributed by atoms with Crippen molar-refractivity contribution in [3.63, 3.8) is 0 Å². The quantitative estimate of drug-likeness (QED) is 0.828. The Morgan fingerprint density at radius 1 is 1.38 bits per heavy atom. The van der Waals surface area contributed by atoms with E-state index in [1.165, 1.54) is 10.9 Å². The van der Waals surface area contributed by atoms with Crippen LogP contribution in [0.1, 0.15) is 18.9 Å². The Kier molecular flexibility index (Phi) is 4.44. The van der Waals surface area contributed by atoms with Crippen molar-refractivity contribution >= 4 is 22.7 Å². The number of aromatic amines is 1. The molecule has 1 aromatic carbocycles. The molecule has 26 heavy (non-hydrogen) atoms. The van der Waals surface area contributed by atoms with Gasteiger partial charge in [-0.05, 0) is 18.1 Å². The fourth-order valence-electron chi connectivity index (χ4n) is 3.76. The lowest BCUT2D eigenvalue weighted by Crippen LogP contribution is -2.49. The molecule has 0 aliphatic carbocycles. The van der Waals surface area contributed by atoms with Crippen LogP contribution in [0.2, 0.25) is 0 Å². The number of H-pyrrole nitrogens is 1. The number of nitrogens with one attached hydrogen (secondary N) is 2. The first-order chi connectivity index (χ1) is 12.5. The second-order valence-electron chi connectivity index (χ2n) is 7.87. The third-order valence-corrected chi connectivity index (χ3v) is 5.50. The number of amides is 2. The van der Waals surface area contributed by atoms with Gasteiger partial charge >= 0.3 is 0 Å². The van der Waals surface area contributed by atoms with Crippen molar-refractivity contribution in [3.05, 3.63) is 36.0 Å². The molecule has 1 atom stereocenters. The highest BCUT2D eigenvalue weighted by atomic mass is 16.5. The van der Waals surface area contributed by atoms with E-state index in [0.717, 1.165) is 11.9 Å². The Bertz CT molecular complexity index is 825. The van der Waals surface area contributed by atoms with Gasteiger partial charge in [0.2, 0.25) is 11.8 Å². The zero-order valence-electron chi connectivity index (χ0n) is 15.1. The van der Waals surface area contributed by atoms with Crippen molar-refractivity contribution in [2.45, 2.75) is 19.8 Å². The SMILES string of the molecule is CC1(CNC(=O)C2CC(=O)N(CCc3c[nH]c4ccccc34)C2)COC1. The average molecular weight is 355 g/mol. The number of fused-ring (bicyclic) bond motifs is 1.